The summed E-state index contributed by atoms with van der Waals surface area (Å²) in [4.78, 5) is 6.93. The van der Waals surface area contributed by atoms with Crippen LogP contribution in [0.25, 0.3) is 0 Å². The number of hydrogen-bond donors (Lipinski definition) is 1. The Morgan fingerprint density at radius 3 is 2.48 bits per heavy atom. The molecule has 21 heavy (non-hydrogen) atoms. The van der Waals surface area contributed by atoms with E-state index in [1.54, 1.807) is 0 Å². The van der Waals surface area contributed by atoms with Crippen molar-refractivity contribution in [3.05, 3.63) is 59.4 Å². The summed E-state index contributed by atoms with van der Waals surface area (Å²) in [5, 5.41) is 3.34. The van der Waals surface area contributed by atoms with E-state index in [2.05, 4.69) is 58.5 Å². The van der Waals surface area contributed by atoms with Gasteiger partial charge in [-0.2, -0.15) is 0 Å². The van der Waals surface area contributed by atoms with Crippen LogP contribution in [0.1, 0.15) is 23.7 Å². The van der Waals surface area contributed by atoms with E-state index in [0.29, 0.717) is 0 Å². The van der Waals surface area contributed by atoms with Gasteiger partial charge in [0.2, 0.25) is 0 Å². The predicted octanol–water partition coefficient (Wildman–Crippen LogP) is 2.80. The van der Waals surface area contributed by atoms with Crippen LogP contribution in [-0.4, -0.2) is 24.6 Å². The number of rotatable bonds is 4. The third-order valence-electron chi connectivity index (χ3n) is 4.14. The number of nitrogens with one attached hydrogen (secondary N) is 1. The van der Waals surface area contributed by atoms with Crippen LogP contribution in [0.2, 0.25) is 0 Å². The second kappa shape index (κ2) is 6.72. The summed E-state index contributed by atoms with van der Waals surface area (Å²) in [6.07, 6.45) is 4.18. The van der Waals surface area contributed by atoms with Crippen LogP contribution in [0.5, 0.6) is 0 Å². The zero-order chi connectivity index (χ0) is 14.5. The highest BCUT2D eigenvalue weighted by atomic mass is 15.1. The Hall–Kier alpha value is -1.87. The average molecular weight is 281 g/mol. The monoisotopic (exact) mass is 281 g/mol. The van der Waals surface area contributed by atoms with E-state index in [1.807, 2.05) is 6.20 Å². The van der Waals surface area contributed by atoms with E-state index in [9.17, 15) is 0 Å². The fraction of sp³-hybridized carbons (Fsp3) is 0.389. The molecule has 0 radical (unpaired) electrons. The highest BCUT2D eigenvalue weighted by molar-refractivity contribution is 5.48. The molecule has 0 unspecified atom stereocenters. The smallest absolute Gasteiger partial charge is 0.0562 e. The highest BCUT2D eigenvalue weighted by Crippen LogP contribution is 2.21. The lowest BCUT2D eigenvalue weighted by molar-refractivity contribution is 0.709. The highest BCUT2D eigenvalue weighted by Gasteiger charge is 2.14. The molecule has 1 aromatic heterocycles. The maximum absolute atomic E-state index is 4.45. The van der Waals surface area contributed by atoms with Gasteiger partial charge in [-0.3, -0.25) is 4.98 Å². The molecule has 0 atom stereocenters. The van der Waals surface area contributed by atoms with Crippen molar-refractivity contribution in [2.75, 3.05) is 24.5 Å². The van der Waals surface area contributed by atoms with E-state index in [4.69, 9.17) is 0 Å². The molecule has 0 saturated heterocycles. The molecule has 3 heteroatoms. The molecule has 0 aliphatic carbocycles. The molecule has 110 valence electrons. The molecule has 0 saturated carbocycles. The summed E-state index contributed by atoms with van der Waals surface area (Å²) in [6, 6.07) is 13.2. The molecule has 1 aliphatic rings. The Morgan fingerprint density at radius 2 is 1.81 bits per heavy atom. The lowest BCUT2D eigenvalue weighted by atomic mass is 10.0. The summed E-state index contributed by atoms with van der Waals surface area (Å²) in [5.41, 5.74) is 5.42. The molecule has 3 nitrogen and oxygen atoms in total. The van der Waals surface area contributed by atoms with Gasteiger partial charge in [0.15, 0.2) is 0 Å². The van der Waals surface area contributed by atoms with Gasteiger partial charge in [-0.15, -0.1) is 0 Å². The van der Waals surface area contributed by atoms with E-state index < -0.39 is 0 Å². The number of benzene rings is 1. The van der Waals surface area contributed by atoms with E-state index in [1.165, 1.54) is 16.8 Å². The van der Waals surface area contributed by atoms with Gasteiger partial charge in [0, 0.05) is 31.5 Å². The molecule has 0 bridgehead atoms. The third-order valence-corrected chi connectivity index (χ3v) is 4.14. The van der Waals surface area contributed by atoms with Crippen molar-refractivity contribution in [2.24, 2.45) is 0 Å². The lowest BCUT2D eigenvalue weighted by Gasteiger charge is -2.23. The first-order valence-corrected chi connectivity index (χ1v) is 7.84. The van der Waals surface area contributed by atoms with Gasteiger partial charge in [-0.25, -0.2) is 0 Å². The van der Waals surface area contributed by atoms with Crippen molar-refractivity contribution in [3.63, 3.8) is 0 Å². The van der Waals surface area contributed by atoms with Crippen molar-refractivity contribution in [2.45, 2.75) is 26.3 Å². The molecular weight excluding hydrogens is 258 g/mol. The summed E-state index contributed by atoms with van der Waals surface area (Å²) in [5.74, 6) is 0. The second-order valence-corrected chi connectivity index (χ2v) is 5.54. The minimum atomic E-state index is 0.846. The Balaban J connectivity index is 1.73. The molecule has 2 aromatic rings. The molecule has 1 aliphatic heterocycles. The lowest BCUT2D eigenvalue weighted by Crippen LogP contribution is -2.26. The number of nitrogens with zero attached hydrogens (tertiary/aromatic N) is 2. The molecule has 2 heterocycles. The van der Waals surface area contributed by atoms with Gasteiger partial charge in [0.05, 0.1) is 5.69 Å². The van der Waals surface area contributed by atoms with Gasteiger partial charge >= 0.3 is 0 Å². The summed E-state index contributed by atoms with van der Waals surface area (Å²) in [7, 11) is 0. The average Bonchev–Trinajstić information content (AvgIpc) is 2.76. The first-order valence-electron chi connectivity index (χ1n) is 7.84. The normalized spacial score (nSPS) is 14.6. The first-order chi connectivity index (χ1) is 10.4. The third kappa shape index (κ3) is 3.42. The quantitative estimate of drug-likeness (QED) is 0.934. The second-order valence-electron chi connectivity index (χ2n) is 5.54. The summed E-state index contributed by atoms with van der Waals surface area (Å²) >= 11 is 0. The minimum absolute atomic E-state index is 0.846. The summed E-state index contributed by atoms with van der Waals surface area (Å²) < 4.78 is 0. The molecule has 3 rings (SSSR count). The predicted molar refractivity (Wildman–Crippen MR) is 87.7 cm³/mol. The minimum Gasteiger partial charge on any atom is -0.371 e. The van der Waals surface area contributed by atoms with Crippen molar-refractivity contribution < 1.29 is 0 Å². The van der Waals surface area contributed by atoms with E-state index >= 15 is 0 Å². The Bertz CT molecular complexity index is 568. The van der Waals surface area contributed by atoms with Crippen molar-refractivity contribution >= 4 is 5.69 Å². The van der Waals surface area contributed by atoms with Crippen molar-refractivity contribution in [1.82, 2.24) is 10.3 Å². The van der Waals surface area contributed by atoms with Gasteiger partial charge in [0.1, 0.15) is 0 Å². The van der Waals surface area contributed by atoms with Gasteiger partial charge < -0.3 is 10.2 Å². The number of fused-ring (bicyclic) bond motifs is 1. The van der Waals surface area contributed by atoms with Crippen LogP contribution in [0.4, 0.5) is 5.69 Å². The van der Waals surface area contributed by atoms with Crippen LogP contribution in [0.15, 0.2) is 42.6 Å². The van der Waals surface area contributed by atoms with Gasteiger partial charge in [-0.1, -0.05) is 31.2 Å². The molecular formula is C18H23N3. The molecule has 1 aromatic carbocycles. The molecule has 0 amide bonds. The van der Waals surface area contributed by atoms with Crippen molar-refractivity contribution in [1.29, 1.82) is 0 Å². The Morgan fingerprint density at radius 1 is 1.10 bits per heavy atom. The number of aromatic nitrogens is 1. The van der Waals surface area contributed by atoms with E-state index in [0.717, 1.165) is 44.7 Å². The maximum Gasteiger partial charge on any atom is 0.0562 e. The van der Waals surface area contributed by atoms with Gasteiger partial charge in [0.25, 0.3) is 0 Å². The number of anilines is 1. The SMILES string of the molecule is CCNCc1cc(N2CCc3ccccc3CC2)ccn1. The Kier molecular flexibility index (Phi) is 4.51. The molecule has 0 spiro atoms. The fourth-order valence-electron chi connectivity index (χ4n) is 2.94. The van der Waals surface area contributed by atoms with Crippen LogP contribution in [0.3, 0.4) is 0 Å². The molecule has 0 fully saturated rings. The maximum atomic E-state index is 4.45. The largest absolute Gasteiger partial charge is 0.371 e. The van der Waals surface area contributed by atoms with Crippen LogP contribution < -0.4 is 10.2 Å². The number of hydrogen-bond acceptors (Lipinski definition) is 3. The van der Waals surface area contributed by atoms with Gasteiger partial charge in [-0.05, 0) is 42.6 Å². The van der Waals surface area contributed by atoms with Crippen LogP contribution >= 0.6 is 0 Å². The topological polar surface area (TPSA) is 28.2 Å². The van der Waals surface area contributed by atoms with Crippen LogP contribution in [0, 0.1) is 0 Å². The van der Waals surface area contributed by atoms with E-state index in [-0.39, 0.29) is 0 Å². The Labute approximate surface area is 127 Å². The summed E-state index contributed by atoms with van der Waals surface area (Å²) in [6.45, 7) is 6.11. The zero-order valence-corrected chi connectivity index (χ0v) is 12.7. The van der Waals surface area contributed by atoms with Crippen LogP contribution in [-0.2, 0) is 19.4 Å². The fourth-order valence-corrected chi connectivity index (χ4v) is 2.94. The number of pyridine rings is 1. The zero-order valence-electron chi connectivity index (χ0n) is 12.7. The van der Waals surface area contributed by atoms with Crippen molar-refractivity contribution in [3.8, 4) is 0 Å². The first kappa shape index (κ1) is 14.1. The standard InChI is InChI=1S/C18H23N3/c1-2-19-14-17-13-18(7-10-20-17)21-11-8-15-5-3-4-6-16(15)9-12-21/h3-7,10,13,19H,2,8-9,11-12,14H2,1H3. The molecule has 1 N–H and O–H groups in total.